The van der Waals surface area contributed by atoms with E-state index in [0.29, 0.717) is 5.25 Å². The smallest absolute Gasteiger partial charge is 0.237 e. The van der Waals surface area contributed by atoms with Crippen molar-refractivity contribution in [1.29, 1.82) is 0 Å². The van der Waals surface area contributed by atoms with Crippen LogP contribution in [0.2, 0.25) is 0 Å². The molecule has 0 radical (unpaired) electrons. The zero-order valence-corrected chi connectivity index (χ0v) is 13.3. The van der Waals surface area contributed by atoms with E-state index in [2.05, 4.69) is 10.6 Å². The van der Waals surface area contributed by atoms with Gasteiger partial charge in [0.1, 0.15) is 0 Å². The predicted molar refractivity (Wildman–Crippen MR) is 88.7 cm³/mol. The van der Waals surface area contributed by atoms with E-state index in [1.54, 1.807) is 36.0 Å². The predicted octanol–water partition coefficient (Wildman–Crippen LogP) is 3.65. The van der Waals surface area contributed by atoms with Crippen LogP contribution < -0.4 is 10.6 Å². The first-order chi connectivity index (χ1) is 10.0. The molecule has 21 heavy (non-hydrogen) atoms. The summed E-state index contributed by atoms with van der Waals surface area (Å²) in [7, 11) is 0. The molecule has 0 saturated heterocycles. The largest absolute Gasteiger partial charge is 0.326 e. The maximum absolute atomic E-state index is 12.2. The Morgan fingerprint density at radius 2 is 1.62 bits per heavy atom. The third-order valence-corrected chi connectivity index (χ3v) is 5.02. The van der Waals surface area contributed by atoms with E-state index < -0.39 is 0 Å². The third kappa shape index (κ3) is 5.08. The van der Waals surface area contributed by atoms with Crippen LogP contribution in [0.3, 0.4) is 0 Å². The van der Waals surface area contributed by atoms with Gasteiger partial charge >= 0.3 is 0 Å². The van der Waals surface area contributed by atoms with Crippen LogP contribution in [0.25, 0.3) is 0 Å². The molecule has 2 N–H and O–H groups in total. The summed E-state index contributed by atoms with van der Waals surface area (Å²) in [5.41, 5.74) is 1.49. The molecule has 1 fully saturated rings. The summed E-state index contributed by atoms with van der Waals surface area (Å²) in [6.45, 7) is 3.43. The van der Waals surface area contributed by atoms with Crippen LogP contribution in [0.15, 0.2) is 24.3 Å². The number of carbonyl (C=O) groups excluding carboxylic acids is 2. The average molecular weight is 306 g/mol. The Kier molecular flexibility index (Phi) is 5.67. The molecule has 5 heteroatoms. The number of carbonyl (C=O) groups is 2. The van der Waals surface area contributed by atoms with Crippen LogP contribution >= 0.6 is 11.8 Å². The number of thioether (sulfide) groups is 1. The first-order valence-corrected chi connectivity index (χ1v) is 8.33. The molecular weight excluding hydrogens is 284 g/mol. The van der Waals surface area contributed by atoms with Crippen molar-refractivity contribution in [1.82, 2.24) is 0 Å². The van der Waals surface area contributed by atoms with E-state index in [-0.39, 0.29) is 17.1 Å². The van der Waals surface area contributed by atoms with E-state index >= 15 is 0 Å². The standard InChI is InChI=1S/C16H22N2O2S/c1-11(21-15-5-3-4-6-15)16(20)18-14-9-7-13(8-10-14)17-12(2)19/h7-11,15H,3-6H2,1-2H3,(H,17,19)(H,18,20)/t11-/m0/s1. The number of rotatable bonds is 5. The van der Waals surface area contributed by atoms with Crippen molar-refractivity contribution < 1.29 is 9.59 Å². The molecule has 0 heterocycles. The van der Waals surface area contributed by atoms with E-state index in [9.17, 15) is 9.59 Å². The van der Waals surface area contributed by atoms with E-state index in [1.807, 2.05) is 6.92 Å². The SMILES string of the molecule is CC(=O)Nc1ccc(NC(=O)[C@H](C)SC2CCCC2)cc1. The summed E-state index contributed by atoms with van der Waals surface area (Å²) < 4.78 is 0. The number of benzene rings is 1. The summed E-state index contributed by atoms with van der Waals surface area (Å²) in [6.07, 6.45) is 5.04. The number of anilines is 2. The molecule has 4 nitrogen and oxygen atoms in total. The average Bonchev–Trinajstić information content (AvgIpc) is 2.93. The lowest BCUT2D eigenvalue weighted by atomic mass is 10.2. The molecule has 114 valence electrons. The molecule has 0 spiro atoms. The van der Waals surface area contributed by atoms with Crippen molar-refractivity contribution in [2.24, 2.45) is 0 Å². The van der Waals surface area contributed by atoms with Crippen LogP contribution in [0.1, 0.15) is 39.5 Å². The van der Waals surface area contributed by atoms with Crippen molar-refractivity contribution in [3.05, 3.63) is 24.3 Å². The van der Waals surface area contributed by atoms with Gasteiger partial charge in [0.05, 0.1) is 5.25 Å². The van der Waals surface area contributed by atoms with Gasteiger partial charge in [-0.15, -0.1) is 11.8 Å². The molecule has 1 aromatic carbocycles. The quantitative estimate of drug-likeness (QED) is 0.873. The van der Waals surface area contributed by atoms with E-state index in [0.717, 1.165) is 11.4 Å². The zero-order chi connectivity index (χ0) is 15.2. The highest BCUT2D eigenvalue weighted by atomic mass is 32.2. The van der Waals surface area contributed by atoms with Crippen molar-refractivity contribution in [3.8, 4) is 0 Å². The molecule has 1 aliphatic carbocycles. The fourth-order valence-electron chi connectivity index (χ4n) is 2.46. The summed E-state index contributed by atoms with van der Waals surface area (Å²) in [4.78, 5) is 23.1. The Hall–Kier alpha value is -1.49. The molecule has 1 atom stereocenters. The molecule has 2 rings (SSSR count). The molecule has 2 amide bonds. The topological polar surface area (TPSA) is 58.2 Å². The van der Waals surface area contributed by atoms with Crippen LogP contribution in [-0.4, -0.2) is 22.3 Å². The van der Waals surface area contributed by atoms with Gasteiger partial charge in [0.15, 0.2) is 0 Å². The highest BCUT2D eigenvalue weighted by Gasteiger charge is 2.22. The van der Waals surface area contributed by atoms with E-state index in [4.69, 9.17) is 0 Å². The maximum atomic E-state index is 12.2. The number of hydrogen-bond donors (Lipinski definition) is 2. The molecule has 1 saturated carbocycles. The normalized spacial score (nSPS) is 16.5. The third-order valence-electron chi connectivity index (χ3n) is 3.54. The number of amides is 2. The van der Waals surface area contributed by atoms with Gasteiger partial charge in [-0.25, -0.2) is 0 Å². The first kappa shape index (κ1) is 15.9. The Morgan fingerprint density at radius 1 is 1.10 bits per heavy atom. The number of nitrogens with one attached hydrogen (secondary N) is 2. The van der Waals surface area contributed by atoms with Crippen molar-refractivity contribution in [2.45, 2.75) is 50.0 Å². The molecule has 1 aliphatic rings. The summed E-state index contributed by atoms with van der Waals surface area (Å²) in [6, 6.07) is 7.17. The minimum atomic E-state index is -0.103. The second-order valence-corrected chi connectivity index (χ2v) is 7.08. The molecule has 1 aromatic rings. The Labute approximate surface area is 130 Å². The minimum absolute atomic E-state index is 0.0388. The van der Waals surface area contributed by atoms with Gasteiger partial charge in [0.25, 0.3) is 0 Å². The number of hydrogen-bond acceptors (Lipinski definition) is 3. The molecule has 0 aliphatic heterocycles. The summed E-state index contributed by atoms with van der Waals surface area (Å²) >= 11 is 1.78. The Morgan fingerprint density at radius 3 is 2.14 bits per heavy atom. The molecule has 0 unspecified atom stereocenters. The van der Waals surface area contributed by atoms with Crippen LogP contribution in [-0.2, 0) is 9.59 Å². The van der Waals surface area contributed by atoms with Crippen LogP contribution in [0, 0.1) is 0 Å². The second-order valence-electron chi connectivity index (χ2n) is 5.43. The van der Waals surface area contributed by atoms with Gasteiger partial charge in [0, 0.05) is 23.5 Å². The summed E-state index contributed by atoms with van der Waals surface area (Å²) in [5, 5.41) is 6.22. The fraction of sp³-hybridized carbons (Fsp3) is 0.500. The van der Waals surface area contributed by atoms with Gasteiger partial charge in [-0.05, 0) is 44.0 Å². The molecule has 0 aromatic heterocycles. The lowest BCUT2D eigenvalue weighted by Crippen LogP contribution is -2.24. The zero-order valence-electron chi connectivity index (χ0n) is 12.5. The highest BCUT2D eigenvalue weighted by Crippen LogP contribution is 2.32. The summed E-state index contributed by atoms with van der Waals surface area (Å²) in [5.74, 6) is -0.0625. The van der Waals surface area contributed by atoms with Gasteiger partial charge in [0.2, 0.25) is 11.8 Å². The minimum Gasteiger partial charge on any atom is -0.326 e. The van der Waals surface area contributed by atoms with Crippen LogP contribution in [0.4, 0.5) is 11.4 Å². The van der Waals surface area contributed by atoms with Crippen molar-refractivity contribution in [3.63, 3.8) is 0 Å². The molecular formula is C16H22N2O2S. The van der Waals surface area contributed by atoms with Crippen molar-refractivity contribution >= 4 is 35.0 Å². The first-order valence-electron chi connectivity index (χ1n) is 7.38. The fourth-order valence-corrected chi connectivity index (χ4v) is 3.82. The maximum Gasteiger partial charge on any atom is 0.237 e. The van der Waals surface area contributed by atoms with Crippen molar-refractivity contribution in [2.75, 3.05) is 10.6 Å². The van der Waals surface area contributed by atoms with Gasteiger partial charge in [-0.3, -0.25) is 9.59 Å². The Bertz CT molecular complexity index is 496. The van der Waals surface area contributed by atoms with Gasteiger partial charge in [-0.2, -0.15) is 0 Å². The monoisotopic (exact) mass is 306 g/mol. The second kappa shape index (κ2) is 7.50. The molecule has 0 bridgehead atoms. The van der Waals surface area contributed by atoms with Crippen LogP contribution in [0.5, 0.6) is 0 Å². The highest BCUT2D eigenvalue weighted by molar-refractivity contribution is 8.01. The van der Waals surface area contributed by atoms with E-state index in [1.165, 1.54) is 32.6 Å². The Balaban J connectivity index is 1.84. The van der Waals surface area contributed by atoms with Gasteiger partial charge in [-0.1, -0.05) is 12.8 Å². The lowest BCUT2D eigenvalue weighted by molar-refractivity contribution is -0.115. The lowest BCUT2D eigenvalue weighted by Gasteiger charge is -2.16. The van der Waals surface area contributed by atoms with Gasteiger partial charge < -0.3 is 10.6 Å².